The summed E-state index contributed by atoms with van der Waals surface area (Å²) in [5.74, 6) is -0.409. The SMILES string of the molecule is CCCCNC(=O)C(C)N(Cc1c(Cl)cccc1Cl)C(=O)CN(c1ccc(OCC)cc1)S(=O)(=O)c1ccccc1. The van der Waals surface area contributed by atoms with Gasteiger partial charge >= 0.3 is 0 Å². The molecule has 3 rings (SSSR count). The number of carbonyl (C=O) groups is 2. The van der Waals surface area contributed by atoms with Crippen LogP contribution in [0.4, 0.5) is 5.69 Å². The molecule has 0 aromatic heterocycles. The predicted molar refractivity (Wildman–Crippen MR) is 163 cm³/mol. The quantitative estimate of drug-likeness (QED) is 0.226. The van der Waals surface area contributed by atoms with Gasteiger partial charge < -0.3 is 15.0 Å². The highest BCUT2D eigenvalue weighted by atomic mass is 35.5. The van der Waals surface area contributed by atoms with Crippen LogP contribution in [0, 0.1) is 0 Å². The molecule has 2 amide bonds. The summed E-state index contributed by atoms with van der Waals surface area (Å²) in [6, 6.07) is 18.3. The average Bonchev–Trinajstić information content (AvgIpc) is 2.96. The van der Waals surface area contributed by atoms with E-state index in [4.69, 9.17) is 27.9 Å². The van der Waals surface area contributed by atoms with Crippen molar-refractivity contribution in [2.24, 2.45) is 0 Å². The number of benzene rings is 3. The van der Waals surface area contributed by atoms with Crippen LogP contribution in [0.25, 0.3) is 0 Å². The molecule has 0 aliphatic rings. The van der Waals surface area contributed by atoms with Crippen LogP contribution in [0.5, 0.6) is 5.75 Å². The summed E-state index contributed by atoms with van der Waals surface area (Å²) in [7, 11) is -4.17. The summed E-state index contributed by atoms with van der Waals surface area (Å²) in [5.41, 5.74) is 0.720. The molecule has 0 spiro atoms. The normalized spacial score (nSPS) is 11.9. The Bertz CT molecular complexity index is 1400. The van der Waals surface area contributed by atoms with E-state index in [1.807, 2.05) is 13.8 Å². The lowest BCUT2D eigenvalue weighted by molar-refractivity contribution is -0.139. The van der Waals surface area contributed by atoms with Gasteiger partial charge in [0.2, 0.25) is 11.8 Å². The fourth-order valence-corrected chi connectivity index (χ4v) is 6.05. The fourth-order valence-electron chi connectivity index (χ4n) is 4.10. The lowest BCUT2D eigenvalue weighted by Crippen LogP contribution is -2.51. The van der Waals surface area contributed by atoms with Gasteiger partial charge in [-0.1, -0.05) is 60.8 Å². The third kappa shape index (κ3) is 8.38. The van der Waals surface area contributed by atoms with Gasteiger partial charge in [0.1, 0.15) is 18.3 Å². The summed E-state index contributed by atoms with van der Waals surface area (Å²) in [5, 5.41) is 3.50. The molecule has 3 aromatic rings. The van der Waals surface area contributed by atoms with Crippen LogP contribution in [0.2, 0.25) is 10.0 Å². The van der Waals surface area contributed by atoms with Gasteiger partial charge in [-0.15, -0.1) is 0 Å². The molecular weight excluding hydrogens is 585 g/mol. The maximum atomic E-state index is 14.0. The van der Waals surface area contributed by atoms with Gasteiger partial charge in [0, 0.05) is 28.7 Å². The fraction of sp³-hybridized carbons (Fsp3) is 0.333. The summed E-state index contributed by atoms with van der Waals surface area (Å²) in [6.45, 7) is 5.68. The van der Waals surface area contributed by atoms with E-state index in [-0.39, 0.29) is 23.0 Å². The molecule has 3 aromatic carbocycles. The first-order chi connectivity index (χ1) is 19.6. The molecular formula is C30H35Cl2N3O5S. The maximum Gasteiger partial charge on any atom is 0.264 e. The molecule has 8 nitrogen and oxygen atoms in total. The first-order valence-electron chi connectivity index (χ1n) is 13.4. The summed E-state index contributed by atoms with van der Waals surface area (Å²) in [6.07, 6.45) is 1.67. The van der Waals surface area contributed by atoms with Crippen molar-refractivity contribution in [2.75, 3.05) is 24.0 Å². The zero-order valence-electron chi connectivity index (χ0n) is 23.3. The Balaban J connectivity index is 2.03. The number of sulfonamides is 1. The molecule has 0 saturated carbocycles. The molecule has 0 bridgehead atoms. The largest absolute Gasteiger partial charge is 0.494 e. The third-order valence-corrected chi connectivity index (χ3v) is 8.93. The molecule has 0 heterocycles. The van der Waals surface area contributed by atoms with Gasteiger partial charge in [0.25, 0.3) is 10.0 Å². The number of unbranched alkanes of at least 4 members (excludes halogenated alkanes) is 1. The number of nitrogens with zero attached hydrogens (tertiary/aromatic N) is 2. The van der Waals surface area contributed by atoms with Crippen molar-refractivity contribution in [1.82, 2.24) is 10.2 Å². The number of nitrogens with one attached hydrogen (secondary N) is 1. The lowest BCUT2D eigenvalue weighted by Gasteiger charge is -2.32. The smallest absolute Gasteiger partial charge is 0.264 e. The third-order valence-electron chi connectivity index (χ3n) is 6.43. The zero-order valence-corrected chi connectivity index (χ0v) is 25.7. The van der Waals surface area contributed by atoms with E-state index >= 15 is 0 Å². The Labute approximate surface area is 252 Å². The van der Waals surface area contributed by atoms with Crippen molar-refractivity contribution in [3.63, 3.8) is 0 Å². The Kier molecular flexibility index (Phi) is 11.9. The second-order valence-electron chi connectivity index (χ2n) is 9.29. The summed E-state index contributed by atoms with van der Waals surface area (Å²) < 4.78 is 34.2. The van der Waals surface area contributed by atoms with E-state index in [1.165, 1.54) is 17.0 Å². The highest BCUT2D eigenvalue weighted by molar-refractivity contribution is 7.92. The first-order valence-corrected chi connectivity index (χ1v) is 15.6. The van der Waals surface area contributed by atoms with Gasteiger partial charge in [-0.05, 0) is 68.8 Å². The van der Waals surface area contributed by atoms with Crippen LogP contribution >= 0.6 is 23.2 Å². The van der Waals surface area contributed by atoms with Gasteiger partial charge in [-0.2, -0.15) is 0 Å². The van der Waals surface area contributed by atoms with E-state index < -0.39 is 28.5 Å². The number of anilines is 1. The Morgan fingerprint density at radius 3 is 2.15 bits per heavy atom. The van der Waals surface area contributed by atoms with E-state index in [0.717, 1.165) is 17.1 Å². The van der Waals surface area contributed by atoms with E-state index in [1.54, 1.807) is 67.6 Å². The van der Waals surface area contributed by atoms with Crippen molar-refractivity contribution in [3.8, 4) is 5.75 Å². The topological polar surface area (TPSA) is 96.0 Å². The Morgan fingerprint density at radius 1 is 0.927 bits per heavy atom. The number of carbonyl (C=O) groups excluding carboxylic acids is 2. The minimum atomic E-state index is -4.17. The van der Waals surface area contributed by atoms with Gasteiger partial charge in [-0.3, -0.25) is 13.9 Å². The zero-order chi connectivity index (χ0) is 30.0. The molecule has 0 aliphatic carbocycles. The molecule has 41 heavy (non-hydrogen) atoms. The highest BCUT2D eigenvalue weighted by Crippen LogP contribution is 2.29. The molecule has 1 unspecified atom stereocenters. The molecule has 0 saturated heterocycles. The summed E-state index contributed by atoms with van der Waals surface area (Å²) in [4.78, 5) is 28.4. The molecule has 0 radical (unpaired) electrons. The Morgan fingerprint density at radius 2 is 1.56 bits per heavy atom. The van der Waals surface area contributed by atoms with Crippen LogP contribution < -0.4 is 14.4 Å². The van der Waals surface area contributed by atoms with Crippen LogP contribution in [-0.4, -0.2) is 50.9 Å². The number of hydrogen-bond acceptors (Lipinski definition) is 5. The minimum Gasteiger partial charge on any atom is -0.494 e. The molecule has 220 valence electrons. The van der Waals surface area contributed by atoms with E-state index in [2.05, 4.69) is 5.32 Å². The van der Waals surface area contributed by atoms with Crippen molar-refractivity contribution >= 4 is 50.7 Å². The number of rotatable bonds is 14. The molecule has 1 atom stereocenters. The summed E-state index contributed by atoms with van der Waals surface area (Å²) >= 11 is 12.8. The second kappa shape index (κ2) is 15.1. The van der Waals surface area contributed by atoms with Gasteiger partial charge in [-0.25, -0.2) is 8.42 Å². The number of halogens is 2. The highest BCUT2D eigenvalue weighted by Gasteiger charge is 2.33. The molecule has 0 aliphatic heterocycles. The number of amides is 2. The van der Waals surface area contributed by atoms with Crippen molar-refractivity contribution in [3.05, 3.63) is 88.4 Å². The number of ether oxygens (including phenoxy) is 1. The van der Waals surface area contributed by atoms with Gasteiger partial charge in [0.15, 0.2) is 0 Å². The van der Waals surface area contributed by atoms with E-state index in [9.17, 15) is 18.0 Å². The number of hydrogen-bond donors (Lipinski definition) is 1. The first kappa shape index (κ1) is 32.2. The van der Waals surface area contributed by atoms with Gasteiger partial charge in [0.05, 0.1) is 17.2 Å². The monoisotopic (exact) mass is 619 g/mol. The lowest BCUT2D eigenvalue weighted by atomic mass is 10.1. The predicted octanol–water partition coefficient (Wildman–Crippen LogP) is 5.92. The van der Waals surface area contributed by atoms with Crippen LogP contribution in [0.1, 0.15) is 39.2 Å². The molecule has 11 heteroatoms. The molecule has 0 fully saturated rings. The molecule has 1 N–H and O–H groups in total. The van der Waals surface area contributed by atoms with Crippen molar-refractivity contribution < 1.29 is 22.7 Å². The second-order valence-corrected chi connectivity index (χ2v) is 12.0. The van der Waals surface area contributed by atoms with Crippen LogP contribution in [0.3, 0.4) is 0 Å². The average molecular weight is 621 g/mol. The van der Waals surface area contributed by atoms with E-state index in [0.29, 0.717) is 34.5 Å². The Hall–Kier alpha value is -3.27. The maximum absolute atomic E-state index is 14.0. The van der Waals surface area contributed by atoms with Crippen molar-refractivity contribution in [2.45, 2.75) is 51.1 Å². The minimum absolute atomic E-state index is 0.0211. The van der Waals surface area contributed by atoms with Crippen molar-refractivity contribution in [1.29, 1.82) is 0 Å². The van der Waals surface area contributed by atoms with Crippen LogP contribution in [0.15, 0.2) is 77.7 Å². The standard InChI is InChI=1S/C30H35Cl2N3O5S/c1-4-6-19-33-30(37)22(3)34(20-26-27(31)13-10-14-28(26)32)29(36)21-35(23-15-17-24(18-16-23)40-5-2)41(38,39)25-11-8-7-9-12-25/h7-18,22H,4-6,19-21H2,1-3H3,(H,33,37). The van der Waals surface area contributed by atoms with Crippen LogP contribution in [-0.2, 0) is 26.2 Å².